The summed E-state index contributed by atoms with van der Waals surface area (Å²) >= 11 is 1.74. The fourth-order valence-electron chi connectivity index (χ4n) is 4.03. The summed E-state index contributed by atoms with van der Waals surface area (Å²) in [5.74, 6) is 1.60. The van der Waals surface area contributed by atoms with Crippen LogP contribution in [-0.4, -0.2) is 60.3 Å². The zero-order valence-corrected chi connectivity index (χ0v) is 22.4. The molecule has 0 unspecified atom stereocenters. The van der Waals surface area contributed by atoms with Crippen molar-refractivity contribution in [2.45, 2.75) is 66.3 Å². The molecule has 30 heavy (non-hydrogen) atoms. The van der Waals surface area contributed by atoms with Crippen LogP contribution in [-0.2, 0) is 6.54 Å². The third kappa shape index (κ3) is 8.96. The molecule has 0 amide bonds. The molecule has 0 bridgehead atoms. The van der Waals surface area contributed by atoms with Crippen molar-refractivity contribution in [1.29, 1.82) is 0 Å². The zero-order valence-electron chi connectivity index (χ0n) is 19.2. The maximum atomic E-state index is 9.43. The van der Waals surface area contributed by atoms with Gasteiger partial charge in [0, 0.05) is 38.2 Å². The lowest BCUT2D eigenvalue weighted by atomic mass is 9.79. The predicted molar refractivity (Wildman–Crippen MR) is 139 cm³/mol. The average molecular weight is 552 g/mol. The first-order valence-corrected chi connectivity index (χ1v) is 12.2. The van der Waals surface area contributed by atoms with E-state index in [1.54, 1.807) is 11.3 Å². The molecule has 6 nitrogen and oxygen atoms in total. The Bertz CT molecular complexity index is 612. The van der Waals surface area contributed by atoms with Crippen molar-refractivity contribution < 1.29 is 5.11 Å². The Balaban J connectivity index is 0.00000450. The number of nitrogens with one attached hydrogen (secondary N) is 2. The van der Waals surface area contributed by atoms with Gasteiger partial charge in [-0.25, -0.2) is 4.98 Å². The van der Waals surface area contributed by atoms with Gasteiger partial charge >= 0.3 is 0 Å². The maximum Gasteiger partial charge on any atom is 0.191 e. The summed E-state index contributed by atoms with van der Waals surface area (Å²) in [5.41, 5.74) is 1.32. The number of aliphatic hydroxyl groups excluding tert-OH is 1. The van der Waals surface area contributed by atoms with Crippen LogP contribution in [0, 0.1) is 18.3 Å². The molecule has 174 valence electrons. The number of aliphatic imine (C=N–C) groups is 1. The lowest BCUT2D eigenvalue weighted by Crippen LogP contribution is -2.43. The summed E-state index contributed by atoms with van der Waals surface area (Å²) in [4.78, 5) is 12.0. The highest BCUT2D eigenvalue weighted by molar-refractivity contribution is 14.0. The number of aromatic nitrogens is 1. The minimum Gasteiger partial charge on any atom is -0.396 e. The van der Waals surface area contributed by atoms with Crippen LogP contribution in [0.5, 0.6) is 0 Å². The third-order valence-corrected chi connectivity index (χ3v) is 7.20. The summed E-state index contributed by atoms with van der Waals surface area (Å²) in [7, 11) is 0. The molecule has 0 aliphatic carbocycles. The van der Waals surface area contributed by atoms with Crippen LogP contribution in [0.4, 0.5) is 0 Å². The van der Waals surface area contributed by atoms with Crippen LogP contribution < -0.4 is 10.6 Å². The van der Waals surface area contributed by atoms with E-state index in [0.717, 1.165) is 69.5 Å². The van der Waals surface area contributed by atoms with Crippen LogP contribution >= 0.6 is 35.3 Å². The van der Waals surface area contributed by atoms with Gasteiger partial charge < -0.3 is 15.7 Å². The van der Waals surface area contributed by atoms with Crippen molar-refractivity contribution in [3.63, 3.8) is 0 Å². The highest BCUT2D eigenvalue weighted by Gasteiger charge is 2.25. The molecule has 3 N–H and O–H groups in total. The standard InChI is InChI=1S/C22H41N5OS.HI/c1-5-22(6-2,10-13-28)17-25-21(23-7-3)24-14-19-8-11-27(12-9-19)15-20-16-29-18(4)26-20;/h16,19,28H,5-15,17H2,1-4H3,(H2,23,24,25);1H. The second kappa shape index (κ2) is 14.6. The van der Waals surface area contributed by atoms with Gasteiger partial charge in [0.25, 0.3) is 0 Å². The topological polar surface area (TPSA) is 72.8 Å². The lowest BCUT2D eigenvalue weighted by molar-refractivity contribution is 0.174. The predicted octanol–water partition coefficient (Wildman–Crippen LogP) is 4.03. The van der Waals surface area contributed by atoms with Gasteiger partial charge in [-0.05, 0) is 70.4 Å². The van der Waals surface area contributed by atoms with E-state index in [2.05, 4.69) is 53.6 Å². The van der Waals surface area contributed by atoms with E-state index in [0.29, 0.717) is 5.92 Å². The molecule has 1 aromatic rings. The van der Waals surface area contributed by atoms with Crippen molar-refractivity contribution >= 4 is 41.3 Å². The number of hydrogen-bond acceptors (Lipinski definition) is 5. The van der Waals surface area contributed by atoms with Gasteiger partial charge in [-0.2, -0.15) is 0 Å². The Morgan fingerprint density at radius 3 is 2.50 bits per heavy atom. The monoisotopic (exact) mass is 551 g/mol. The quantitative estimate of drug-likeness (QED) is 0.220. The normalized spacial score (nSPS) is 16.4. The highest BCUT2D eigenvalue weighted by Crippen LogP contribution is 2.30. The molecule has 1 aliphatic rings. The van der Waals surface area contributed by atoms with E-state index in [9.17, 15) is 5.11 Å². The molecule has 1 saturated heterocycles. The van der Waals surface area contributed by atoms with E-state index >= 15 is 0 Å². The fraction of sp³-hybridized carbons (Fsp3) is 0.818. The van der Waals surface area contributed by atoms with Crippen molar-refractivity contribution in [2.75, 3.05) is 39.3 Å². The lowest BCUT2D eigenvalue weighted by Gasteiger charge is -2.32. The number of nitrogens with zero attached hydrogens (tertiary/aromatic N) is 3. The van der Waals surface area contributed by atoms with Gasteiger partial charge in [0.1, 0.15) is 0 Å². The molecular weight excluding hydrogens is 509 g/mol. The minimum absolute atomic E-state index is 0. The summed E-state index contributed by atoms with van der Waals surface area (Å²) in [5, 5.41) is 19.7. The van der Waals surface area contributed by atoms with E-state index in [1.807, 2.05) is 0 Å². The van der Waals surface area contributed by atoms with E-state index in [-0.39, 0.29) is 36.0 Å². The highest BCUT2D eigenvalue weighted by atomic mass is 127. The smallest absolute Gasteiger partial charge is 0.191 e. The molecule has 1 fully saturated rings. The van der Waals surface area contributed by atoms with Gasteiger partial charge in [0.15, 0.2) is 5.96 Å². The molecule has 2 heterocycles. The Hall–Kier alpha value is -0.450. The number of thiazole rings is 1. The number of piperidine rings is 1. The Morgan fingerprint density at radius 1 is 1.27 bits per heavy atom. The molecule has 8 heteroatoms. The van der Waals surface area contributed by atoms with Crippen molar-refractivity contribution in [3.8, 4) is 0 Å². The largest absolute Gasteiger partial charge is 0.396 e. The molecule has 2 rings (SSSR count). The number of rotatable bonds is 11. The van der Waals surface area contributed by atoms with E-state index in [1.165, 1.54) is 18.5 Å². The number of hydrogen-bond donors (Lipinski definition) is 3. The molecule has 0 aromatic carbocycles. The number of aliphatic hydroxyl groups is 1. The number of halogens is 1. The molecule has 1 aliphatic heterocycles. The molecular formula is C22H42IN5OS. The van der Waals surface area contributed by atoms with E-state index < -0.39 is 0 Å². The third-order valence-electron chi connectivity index (χ3n) is 6.38. The van der Waals surface area contributed by atoms with Crippen LogP contribution in [0.1, 0.15) is 63.6 Å². The fourth-order valence-corrected chi connectivity index (χ4v) is 4.64. The Kier molecular flexibility index (Phi) is 13.4. The molecule has 0 spiro atoms. The van der Waals surface area contributed by atoms with Crippen LogP contribution in [0.25, 0.3) is 0 Å². The second-order valence-electron chi connectivity index (χ2n) is 8.33. The van der Waals surface area contributed by atoms with Crippen LogP contribution in [0.15, 0.2) is 10.4 Å². The summed E-state index contributed by atoms with van der Waals surface area (Å²) < 4.78 is 0. The van der Waals surface area contributed by atoms with Gasteiger partial charge in [-0.1, -0.05) is 13.8 Å². The van der Waals surface area contributed by atoms with Crippen molar-refractivity contribution in [2.24, 2.45) is 16.3 Å². The van der Waals surface area contributed by atoms with Gasteiger partial charge in [0.2, 0.25) is 0 Å². The first kappa shape index (κ1) is 27.6. The van der Waals surface area contributed by atoms with Crippen molar-refractivity contribution in [3.05, 3.63) is 16.1 Å². The Morgan fingerprint density at radius 2 is 1.97 bits per heavy atom. The first-order valence-electron chi connectivity index (χ1n) is 11.3. The zero-order chi connectivity index (χ0) is 21.1. The minimum atomic E-state index is 0. The summed E-state index contributed by atoms with van der Waals surface area (Å²) in [6, 6.07) is 0. The van der Waals surface area contributed by atoms with Crippen molar-refractivity contribution in [1.82, 2.24) is 20.5 Å². The number of aryl methyl sites for hydroxylation is 1. The van der Waals surface area contributed by atoms with Gasteiger partial charge in [0.05, 0.1) is 10.7 Å². The second-order valence-corrected chi connectivity index (χ2v) is 9.40. The number of guanidine groups is 1. The van der Waals surface area contributed by atoms with Gasteiger partial charge in [-0.3, -0.25) is 9.89 Å². The van der Waals surface area contributed by atoms with E-state index in [4.69, 9.17) is 4.99 Å². The molecule has 0 saturated carbocycles. The molecule has 0 radical (unpaired) electrons. The Labute approximate surface area is 204 Å². The average Bonchev–Trinajstić information content (AvgIpc) is 3.14. The van der Waals surface area contributed by atoms with Crippen LogP contribution in [0.3, 0.4) is 0 Å². The number of likely N-dealkylation sites (tertiary alicyclic amines) is 1. The van der Waals surface area contributed by atoms with Crippen LogP contribution in [0.2, 0.25) is 0 Å². The molecule has 0 atom stereocenters. The molecule has 1 aromatic heterocycles. The van der Waals surface area contributed by atoms with Gasteiger partial charge in [-0.15, -0.1) is 35.3 Å². The first-order chi connectivity index (χ1) is 14.0. The maximum absolute atomic E-state index is 9.43. The SMILES string of the molecule is CCNC(=NCC(CC)(CC)CCO)NCC1CCN(Cc2csc(C)n2)CC1.I. The summed E-state index contributed by atoms with van der Waals surface area (Å²) in [6.45, 7) is 14.7. The summed E-state index contributed by atoms with van der Waals surface area (Å²) in [6.07, 6.45) is 5.34.